The van der Waals surface area contributed by atoms with Crippen molar-refractivity contribution < 1.29 is 93.6 Å². The van der Waals surface area contributed by atoms with Gasteiger partial charge in [-0.15, -0.1) is 0 Å². The SMILES string of the molecule is O=C(OC1CCCCC1)[C@](F)(OC(F)(F)[C@](F)(OC(F)(F)C(F)(F)C(F)(F)F)C(F)(F)F)C(F)(F)F. The van der Waals surface area contributed by atoms with Crippen molar-refractivity contribution in [1.82, 2.24) is 0 Å². The fourth-order valence-corrected chi connectivity index (χ4v) is 2.56. The number of ether oxygens (including phenoxy) is 3. The van der Waals surface area contributed by atoms with E-state index >= 15 is 0 Å². The molecule has 0 unspecified atom stereocenters. The van der Waals surface area contributed by atoms with Gasteiger partial charge in [-0.3, -0.25) is 9.47 Å². The minimum Gasteiger partial charge on any atom is -0.458 e. The molecular weight excluding hydrogens is 567 g/mol. The molecule has 0 bridgehead atoms. The molecule has 0 heterocycles. The van der Waals surface area contributed by atoms with Crippen LogP contribution in [-0.2, 0) is 19.0 Å². The smallest absolute Gasteiger partial charge is 0.458 e. The normalized spacial score (nSPS) is 21.0. The lowest BCUT2D eigenvalue weighted by Gasteiger charge is -2.40. The van der Waals surface area contributed by atoms with Gasteiger partial charge < -0.3 is 4.74 Å². The molecule has 214 valence electrons. The molecule has 1 aliphatic carbocycles. The number of hydrogen-bond donors (Lipinski definition) is 0. The molecule has 21 heteroatoms. The quantitative estimate of drug-likeness (QED) is 0.237. The van der Waals surface area contributed by atoms with Crippen molar-refractivity contribution in [3.05, 3.63) is 0 Å². The van der Waals surface area contributed by atoms with Gasteiger partial charge in [-0.2, -0.15) is 74.6 Å². The molecule has 1 aliphatic rings. The summed E-state index contributed by atoms with van der Waals surface area (Å²) in [4.78, 5) is 11.6. The summed E-state index contributed by atoms with van der Waals surface area (Å²) in [6, 6.07) is 0. The van der Waals surface area contributed by atoms with Crippen molar-refractivity contribution in [1.29, 1.82) is 0 Å². The van der Waals surface area contributed by atoms with Crippen LogP contribution in [0.25, 0.3) is 0 Å². The Bertz CT molecular complexity index is 782. The molecular formula is C15H11F17O4. The van der Waals surface area contributed by atoms with Gasteiger partial charge in [-0.25, -0.2) is 4.79 Å². The standard InChI is InChI=1S/C15H11F17O4/c16-8(11(20,21)22,7(33)34-6-4-2-1-3-5-6)35-15(31,32)10(19,13(26,27)28)36-14(29,30)9(17,18)12(23,24)25/h6H,1-5H2/t8-,10+/m0/s1. The summed E-state index contributed by atoms with van der Waals surface area (Å²) < 4.78 is 229. The van der Waals surface area contributed by atoms with E-state index in [0.717, 1.165) is 0 Å². The fraction of sp³-hybridized carbons (Fsp3) is 0.933. The van der Waals surface area contributed by atoms with Gasteiger partial charge in [0.05, 0.1) is 0 Å². The molecule has 2 atom stereocenters. The molecule has 1 saturated carbocycles. The molecule has 0 radical (unpaired) electrons. The fourth-order valence-electron chi connectivity index (χ4n) is 2.56. The monoisotopic (exact) mass is 578 g/mol. The third-order valence-corrected chi connectivity index (χ3v) is 4.45. The van der Waals surface area contributed by atoms with Crippen LogP contribution in [0.1, 0.15) is 32.1 Å². The summed E-state index contributed by atoms with van der Waals surface area (Å²) in [7, 11) is 0. The second-order valence-electron chi connectivity index (χ2n) is 7.16. The first kappa shape index (κ1) is 32.2. The predicted octanol–water partition coefficient (Wildman–Crippen LogP) is 6.73. The molecule has 0 spiro atoms. The van der Waals surface area contributed by atoms with Gasteiger partial charge >= 0.3 is 54.3 Å². The summed E-state index contributed by atoms with van der Waals surface area (Å²) in [6.07, 6.45) is -40.2. The van der Waals surface area contributed by atoms with Crippen molar-refractivity contribution in [2.45, 2.75) is 86.6 Å². The van der Waals surface area contributed by atoms with Crippen LogP contribution in [0.2, 0.25) is 0 Å². The van der Waals surface area contributed by atoms with Gasteiger partial charge in [0.25, 0.3) is 0 Å². The van der Waals surface area contributed by atoms with Gasteiger partial charge in [0.1, 0.15) is 6.10 Å². The van der Waals surface area contributed by atoms with Crippen LogP contribution < -0.4 is 0 Å². The first-order chi connectivity index (χ1) is 15.7. The zero-order valence-corrected chi connectivity index (χ0v) is 16.7. The lowest BCUT2D eigenvalue weighted by molar-refractivity contribution is -0.548. The Balaban J connectivity index is 3.52. The van der Waals surface area contributed by atoms with Crippen molar-refractivity contribution in [2.24, 2.45) is 0 Å². The van der Waals surface area contributed by atoms with E-state index in [4.69, 9.17) is 0 Å². The lowest BCUT2D eigenvalue weighted by atomic mass is 9.98. The zero-order valence-electron chi connectivity index (χ0n) is 16.7. The third-order valence-electron chi connectivity index (χ3n) is 4.45. The highest BCUT2D eigenvalue weighted by Gasteiger charge is 2.85. The third kappa shape index (κ3) is 5.85. The van der Waals surface area contributed by atoms with Crippen LogP contribution in [0, 0.1) is 0 Å². The average Bonchev–Trinajstić information content (AvgIpc) is 2.65. The topological polar surface area (TPSA) is 44.8 Å². The van der Waals surface area contributed by atoms with E-state index in [1.54, 1.807) is 0 Å². The van der Waals surface area contributed by atoms with E-state index in [0.29, 0.717) is 6.42 Å². The van der Waals surface area contributed by atoms with Crippen LogP contribution in [-0.4, -0.2) is 60.5 Å². The van der Waals surface area contributed by atoms with Crippen molar-refractivity contribution in [3.63, 3.8) is 0 Å². The molecule has 4 nitrogen and oxygen atoms in total. The Hall–Kier alpha value is -1.80. The van der Waals surface area contributed by atoms with Crippen LogP contribution in [0.5, 0.6) is 0 Å². The number of rotatable bonds is 8. The second-order valence-corrected chi connectivity index (χ2v) is 7.16. The molecule has 0 saturated heterocycles. The van der Waals surface area contributed by atoms with E-state index in [1.807, 2.05) is 4.74 Å². The first-order valence-electron chi connectivity index (χ1n) is 8.99. The Labute approximate surface area is 187 Å². The highest BCUT2D eigenvalue weighted by molar-refractivity contribution is 5.79. The minimum atomic E-state index is -8.04. The van der Waals surface area contributed by atoms with Crippen LogP contribution in [0.4, 0.5) is 74.6 Å². The molecule has 0 aromatic heterocycles. The van der Waals surface area contributed by atoms with E-state index in [2.05, 4.69) is 4.74 Å². The van der Waals surface area contributed by atoms with E-state index in [9.17, 15) is 79.4 Å². The first-order valence-corrected chi connectivity index (χ1v) is 8.99. The van der Waals surface area contributed by atoms with E-state index < -0.39 is 60.5 Å². The number of alkyl halides is 17. The van der Waals surface area contributed by atoms with Crippen molar-refractivity contribution in [3.8, 4) is 0 Å². The van der Waals surface area contributed by atoms with Crippen LogP contribution in [0.3, 0.4) is 0 Å². The molecule has 0 amide bonds. The summed E-state index contributed by atoms with van der Waals surface area (Å²) >= 11 is 0. The molecule has 0 N–H and O–H groups in total. The number of esters is 1. The maximum atomic E-state index is 14.3. The number of carbonyl (C=O) groups is 1. The van der Waals surface area contributed by atoms with Gasteiger partial charge in [0.2, 0.25) is 0 Å². The summed E-state index contributed by atoms with van der Waals surface area (Å²) in [5.41, 5.74) is 0. The van der Waals surface area contributed by atoms with Crippen LogP contribution >= 0.6 is 0 Å². The lowest BCUT2D eigenvalue weighted by Crippen LogP contribution is -2.68. The highest BCUT2D eigenvalue weighted by Crippen LogP contribution is 2.56. The molecule has 0 aromatic carbocycles. The molecule has 0 aromatic rings. The molecule has 1 fully saturated rings. The Morgan fingerprint density at radius 1 is 0.556 bits per heavy atom. The van der Waals surface area contributed by atoms with Crippen LogP contribution in [0.15, 0.2) is 0 Å². The Morgan fingerprint density at radius 2 is 1.00 bits per heavy atom. The average molecular weight is 578 g/mol. The maximum Gasteiger partial charge on any atom is 0.462 e. The van der Waals surface area contributed by atoms with Crippen molar-refractivity contribution in [2.75, 3.05) is 0 Å². The molecule has 1 rings (SSSR count). The van der Waals surface area contributed by atoms with Gasteiger partial charge in [0.15, 0.2) is 0 Å². The van der Waals surface area contributed by atoms with Crippen molar-refractivity contribution >= 4 is 5.97 Å². The van der Waals surface area contributed by atoms with Gasteiger partial charge in [0, 0.05) is 0 Å². The number of carbonyl (C=O) groups excluding carboxylic acids is 1. The zero-order chi connectivity index (χ0) is 28.8. The van der Waals surface area contributed by atoms with E-state index in [1.165, 1.54) is 4.74 Å². The minimum absolute atomic E-state index is 0.109. The largest absolute Gasteiger partial charge is 0.462 e. The van der Waals surface area contributed by atoms with Gasteiger partial charge in [-0.05, 0) is 25.7 Å². The summed E-state index contributed by atoms with van der Waals surface area (Å²) in [5.74, 6) is -26.3. The highest BCUT2D eigenvalue weighted by atomic mass is 19.4. The van der Waals surface area contributed by atoms with E-state index in [-0.39, 0.29) is 25.7 Å². The van der Waals surface area contributed by atoms with Gasteiger partial charge in [-0.1, -0.05) is 6.42 Å². The molecule has 0 aliphatic heterocycles. The Morgan fingerprint density at radius 3 is 1.36 bits per heavy atom. The second kappa shape index (κ2) is 9.50. The predicted molar refractivity (Wildman–Crippen MR) is 75.8 cm³/mol. The maximum absolute atomic E-state index is 14.3. The Kier molecular flexibility index (Phi) is 8.50. The number of halogens is 17. The molecule has 36 heavy (non-hydrogen) atoms. The summed E-state index contributed by atoms with van der Waals surface area (Å²) in [6.45, 7) is 0. The number of hydrogen-bond acceptors (Lipinski definition) is 4. The summed E-state index contributed by atoms with van der Waals surface area (Å²) in [5, 5.41) is 0.